The first-order valence-corrected chi connectivity index (χ1v) is 8.51. The van der Waals surface area contributed by atoms with E-state index in [1.807, 2.05) is 0 Å². The Kier molecular flexibility index (Phi) is 4.65. The summed E-state index contributed by atoms with van der Waals surface area (Å²) in [7, 11) is -1.92. The molecular weight excluding hydrogens is 323 g/mol. The molecule has 0 saturated carbocycles. The van der Waals surface area contributed by atoms with Crippen molar-refractivity contribution in [2.75, 3.05) is 18.2 Å². The number of benzene rings is 2. The van der Waals surface area contributed by atoms with Gasteiger partial charge in [0.05, 0.1) is 9.82 Å². The molecule has 0 amide bonds. The summed E-state index contributed by atoms with van der Waals surface area (Å²) in [5.74, 6) is -0.391. The minimum Gasteiger partial charge on any atom is -0.365 e. The Bertz CT molecular complexity index is 852. The van der Waals surface area contributed by atoms with Crippen molar-refractivity contribution in [1.82, 2.24) is 0 Å². The van der Waals surface area contributed by atoms with Crippen molar-refractivity contribution in [3.05, 3.63) is 64.0 Å². The number of nitro benzene ring substituents is 1. The molecule has 0 unspecified atom stereocenters. The molecule has 0 aliphatic carbocycles. The third-order valence-corrected chi connectivity index (χ3v) is 4.40. The second-order valence-corrected chi connectivity index (χ2v) is 7.18. The van der Waals surface area contributed by atoms with Gasteiger partial charge in [-0.2, -0.15) is 0 Å². The second-order valence-electron chi connectivity index (χ2n) is 5.17. The number of hydrogen-bond donors (Lipinski definition) is 0. The lowest BCUT2D eigenvalue weighted by atomic mass is 10.2. The fraction of sp³-hybridized carbons (Fsp3) is 0.200. The Labute approximate surface area is 133 Å². The van der Waals surface area contributed by atoms with Crippen molar-refractivity contribution < 1.29 is 17.7 Å². The molecule has 0 fully saturated rings. The van der Waals surface area contributed by atoms with Crippen molar-refractivity contribution in [2.45, 2.75) is 11.4 Å². The third-order valence-electron chi connectivity index (χ3n) is 3.29. The Morgan fingerprint density at radius 2 is 1.91 bits per heavy atom. The average molecular weight is 338 g/mol. The molecule has 2 rings (SSSR count). The van der Waals surface area contributed by atoms with Crippen molar-refractivity contribution >= 4 is 21.2 Å². The van der Waals surface area contributed by atoms with Crippen LogP contribution in [-0.4, -0.2) is 26.6 Å². The van der Waals surface area contributed by atoms with Gasteiger partial charge in [-0.1, -0.05) is 12.1 Å². The van der Waals surface area contributed by atoms with Crippen molar-refractivity contribution in [2.24, 2.45) is 0 Å². The standard InChI is InChI=1S/C15H15FN2O4S/c1-17(10-11-4-3-5-12(16)8-11)14-7-6-13(23(2,21)22)9-15(14)18(19)20/h3-9H,10H2,1-2H3. The van der Waals surface area contributed by atoms with Crippen LogP contribution in [-0.2, 0) is 16.4 Å². The highest BCUT2D eigenvalue weighted by atomic mass is 32.2. The van der Waals surface area contributed by atoms with E-state index in [4.69, 9.17) is 0 Å². The molecule has 2 aromatic carbocycles. The van der Waals surface area contributed by atoms with E-state index in [1.54, 1.807) is 24.1 Å². The van der Waals surface area contributed by atoms with Crippen LogP contribution in [0, 0.1) is 15.9 Å². The molecule has 0 N–H and O–H groups in total. The topological polar surface area (TPSA) is 80.5 Å². The monoisotopic (exact) mass is 338 g/mol. The quantitative estimate of drug-likeness (QED) is 0.618. The molecule has 2 aromatic rings. The molecule has 0 bridgehead atoms. The van der Waals surface area contributed by atoms with Crippen LogP contribution in [0.2, 0.25) is 0 Å². The Morgan fingerprint density at radius 3 is 2.48 bits per heavy atom. The number of anilines is 1. The lowest BCUT2D eigenvalue weighted by molar-refractivity contribution is -0.384. The van der Waals surface area contributed by atoms with Crippen LogP contribution in [0.25, 0.3) is 0 Å². The van der Waals surface area contributed by atoms with E-state index in [2.05, 4.69) is 0 Å². The molecule has 8 heteroatoms. The van der Waals surface area contributed by atoms with E-state index in [9.17, 15) is 22.9 Å². The van der Waals surface area contributed by atoms with E-state index in [-0.39, 0.29) is 22.8 Å². The molecule has 0 aliphatic rings. The van der Waals surface area contributed by atoms with Gasteiger partial charge in [-0.25, -0.2) is 12.8 Å². The predicted molar refractivity (Wildman–Crippen MR) is 84.7 cm³/mol. The zero-order valence-corrected chi connectivity index (χ0v) is 13.4. The first-order valence-electron chi connectivity index (χ1n) is 6.62. The van der Waals surface area contributed by atoms with Gasteiger partial charge in [-0.05, 0) is 29.8 Å². The number of sulfone groups is 1. The summed E-state index contributed by atoms with van der Waals surface area (Å²) < 4.78 is 36.3. The van der Waals surface area contributed by atoms with Gasteiger partial charge in [0.25, 0.3) is 5.69 Å². The highest BCUT2D eigenvalue weighted by molar-refractivity contribution is 7.90. The van der Waals surface area contributed by atoms with Gasteiger partial charge in [0, 0.05) is 25.9 Å². The fourth-order valence-corrected chi connectivity index (χ4v) is 2.84. The van der Waals surface area contributed by atoms with Gasteiger partial charge in [0.2, 0.25) is 0 Å². The van der Waals surface area contributed by atoms with Crippen molar-refractivity contribution in [1.29, 1.82) is 0 Å². The maximum atomic E-state index is 13.2. The van der Waals surface area contributed by atoms with Crippen LogP contribution < -0.4 is 4.90 Å². The minimum absolute atomic E-state index is 0.118. The van der Waals surface area contributed by atoms with E-state index in [0.29, 0.717) is 5.56 Å². The summed E-state index contributed by atoms with van der Waals surface area (Å²) in [6, 6.07) is 9.65. The van der Waals surface area contributed by atoms with Crippen molar-refractivity contribution in [3.63, 3.8) is 0 Å². The molecule has 6 nitrogen and oxygen atoms in total. The number of rotatable bonds is 5. The van der Waals surface area contributed by atoms with E-state index in [0.717, 1.165) is 12.3 Å². The number of nitro groups is 1. The number of nitrogens with zero attached hydrogens (tertiary/aromatic N) is 2. The van der Waals surface area contributed by atoms with Crippen LogP contribution >= 0.6 is 0 Å². The minimum atomic E-state index is -3.54. The molecule has 0 aromatic heterocycles. The van der Waals surface area contributed by atoms with E-state index < -0.39 is 20.6 Å². The molecule has 0 saturated heterocycles. The lowest BCUT2D eigenvalue weighted by Gasteiger charge is -2.19. The zero-order chi connectivity index (χ0) is 17.2. The number of hydrogen-bond acceptors (Lipinski definition) is 5. The highest BCUT2D eigenvalue weighted by Gasteiger charge is 2.21. The van der Waals surface area contributed by atoms with Gasteiger partial charge < -0.3 is 4.90 Å². The molecule has 0 spiro atoms. The van der Waals surface area contributed by atoms with E-state index in [1.165, 1.54) is 24.3 Å². The van der Waals surface area contributed by atoms with E-state index >= 15 is 0 Å². The van der Waals surface area contributed by atoms with Crippen LogP contribution in [0.15, 0.2) is 47.4 Å². The van der Waals surface area contributed by atoms with Gasteiger partial charge in [-0.3, -0.25) is 10.1 Å². The smallest absolute Gasteiger partial charge is 0.293 e. The summed E-state index contributed by atoms with van der Waals surface area (Å²) in [5, 5.41) is 11.2. The fourth-order valence-electron chi connectivity index (χ4n) is 2.20. The summed E-state index contributed by atoms with van der Waals surface area (Å²) in [5.41, 5.74) is 0.590. The zero-order valence-electron chi connectivity index (χ0n) is 12.6. The molecular formula is C15H15FN2O4S. The SMILES string of the molecule is CN(Cc1cccc(F)c1)c1ccc(S(C)(=O)=O)cc1[N+](=O)[O-]. The third kappa shape index (κ3) is 4.04. The van der Waals surface area contributed by atoms with Crippen LogP contribution in [0.1, 0.15) is 5.56 Å². The Balaban J connectivity index is 2.40. The molecule has 23 heavy (non-hydrogen) atoms. The second kappa shape index (κ2) is 6.33. The predicted octanol–water partition coefficient (Wildman–Crippen LogP) is 2.77. The molecule has 0 heterocycles. The molecule has 0 aliphatic heterocycles. The van der Waals surface area contributed by atoms with Crippen molar-refractivity contribution in [3.8, 4) is 0 Å². The Morgan fingerprint density at radius 1 is 1.22 bits per heavy atom. The summed E-state index contributed by atoms with van der Waals surface area (Å²) in [6.45, 7) is 0.247. The molecule has 122 valence electrons. The van der Waals surface area contributed by atoms with Gasteiger partial charge in [-0.15, -0.1) is 0 Å². The molecule has 0 atom stereocenters. The van der Waals surface area contributed by atoms with Crippen LogP contribution in [0.4, 0.5) is 15.8 Å². The lowest BCUT2D eigenvalue weighted by Crippen LogP contribution is -2.18. The Hall–Kier alpha value is -2.48. The van der Waals surface area contributed by atoms with Crippen LogP contribution in [0.3, 0.4) is 0 Å². The maximum absolute atomic E-state index is 13.2. The van der Waals surface area contributed by atoms with Gasteiger partial charge >= 0.3 is 0 Å². The maximum Gasteiger partial charge on any atom is 0.293 e. The highest BCUT2D eigenvalue weighted by Crippen LogP contribution is 2.31. The van der Waals surface area contributed by atoms with Gasteiger partial charge in [0.15, 0.2) is 9.84 Å². The largest absolute Gasteiger partial charge is 0.365 e. The summed E-state index contributed by atoms with van der Waals surface area (Å²) in [6.07, 6.45) is 0.988. The first-order chi connectivity index (χ1) is 10.7. The summed E-state index contributed by atoms with van der Waals surface area (Å²) in [4.78, 5) is 12.1. The van der Waals surface area contributed by atoms with Gasteiger partial charge in [0.1, 0.15) is 11.5 Å². The first kappa shape index (κ1) is 16.9. The summed E-state index contributed by atoms with van der Waals surface area (Å²) >= 11 is 0. The average Bonchev–Trinajstić information content (AvgIpc) is 2.45. The molecule has 0 radical (unpaired) electrons. The normalized spacial score (nSPS) is 11.3. The van der Waals surface area contributed by atoms with Crippen LogP contribution in [0.5, 0.6) is 0 Å². The number of halogens is 1.